The summed E-state index contributed by atoms with van der Waals surface area (Å²) in [5.41, 5.74) is 2.48. The van der Waals surface area contributed by atoms with Crippen molar-refractivity contribution >= 4 is 38.9 Å². The fourth-order valence-electron chi connectivity index (χ4n) is 2.07. The topological polar surface area (TPSA) is 36.7 Å². The molecular weight excluding hydrogens is 375 g/mol. The Hall–Kier alpha value is -2.29. The van der Waals surface area contributed by atoms with E-state index in [1.807, 2.05) is 29.6 Å². The summed E-state index contributed by atoms with van der Waals surface area (Å²) in [5.74, 6) is -0.357. The predicted octanol–water partition coefficient (Wildman–Crippen LogP) is 5.78. The molecule has 2 nitrogen and oxygen atoms in total. The monoisotopic (exact) mass is 384 g/mol. The number of hydrogen-bond acceptors (Lipinski definition) is 3. The quantitative estimate of drug-likeness (QED) is 0.536. The van der Waals surface area contributed by atoms with E-state index >= 15 is 0 Å². The van der Waals surface area contributed by atoms with Gasteiger partial charge in [0.25, 0.3) is 0 Å². The van der Waals surface area contributed by atoms with E-state index < -0.39 is 0 Å². The lowest BCUT2D eigenvalue weighted by molar-refractivity contribution is 0.625. The van der Waals surface area contributed by atoms with Crippen molar-refractivity contribution < 1.29 is 4.39 Å². The summed E-state index contributed by atoms with van der Waals surface area (Å²) in [7, 11) is 0. The van der Waals surface area contributed by atoms with E-state index in [0.29, 0.717) is 16.1 Å². The molecule has 0 saturated heterocycles. The van der Waals surface area contributed by atoms with Crippen LogP contribution >= 0.6 is 27.3 Å². The predicted molar refractivity (Wildman–Crippen MR) is 95.1 cm³/mol. The molecule has 3 rings (SSSR count). The molecule has 0 saturated carbocycles. The molecule has 0 bridgehead atoms. The molecule has 0 atom stereocenters. The third-order valence-corrected chi connectivity index (χ3v) is 4.55. The van der Waals surface area contributed by atoms with Crippen LogP contribution in [0.5, 0.6) is 0 Å². The minimum absolute atomic E-state index is 0.348. The van der Waals surface area contributed by atoms with Gasteiger partial charge in [-0.15, -0.1) is 11.3 Å². The number of benzene rings is 2. The fraction of sp³-hybridized carbons (Fsp3) is 0. The minimum atomic E-state index is -0.357. The molecule has 0 radical (unpaired) electrons. The highest BCUT2D eigenvalue weighted by Gasteiger charge is 2.10. The first-order valence-electron chi connectivity index (χ1n) is 6.75. The zero-order chi connectivity index (χ0) is 16.2. The van der Waals surface area contributed by atoms with Crippen LogP contribution in [0.1, 0.15) is 10.6 Å². The highest BCUT2D eigenvalue weighted by atomic mass is 79.9. The van der Waals surface area contributed by atoms with Gasteiger partial charge in [0, 0.05) is 21.0 Å². The lowest BCUT2D eigenvalue weighted by Crippen LogP contribution is -1.85. The van der Waals surface area contributed by atoms with E-state index in [2.05, 4.69) is 27.0 Å². The summed E-state index contributed by atoms with van der Waals surface area (Å²) in [4.78, 5) is 4.50. The molecule has 0 aliphatic heterocycles. The van der Waals surface area contributed by atoms with Crippen LogP contribution < -0.4 is 0 Å². The smallest absolute Gasteiger partial charge is 0.134 e. The Morgan fingerprint density at radius 2 is 2.04 bits per heavy atom. The molecule has 5 heteroatoms. The largest absolute Gasteiger partial charge is 0.235 e. The highest BCUT2D eigenvalue weighted by Crippen LogP contribution is 2.28. The number of aromatic nitrogens is 1. The average Bonchev–Trinajstić information content (AvgIpc) is 3.04. The fourth-order valence-corrected chi connectivity index (χ4v) is 3.26. The van der Waals surface area contributed by atoms with E-state index in [4.69, 9.17) is 0 Å². The van der Waals surface area contributed by atoms with Gasteiger partial charge in [0.05, 0.1) is 11.3 Å². The van der Waals surface area contributed by atoms with Crippen molar-refractivity contribution in [3.63, 3.8) is 0 Å². The van der Waals surface area contributed by atoms with E-state index in [0.717, 1.165) is 15.7 Å². The van der Waals surface area contributed by atoms with Crippen LogP contribution in [0.15, 0.2) is 58.4 Å². The van der Waals surface area contributed by atoms with Crippen molar-refractivity contribution in [3.8, 4) is 17.3 Å². The first kappa shape index (κ1) is 15.6. The first-order chi connectivity index (χ1) is 11.2. The van der Waals surface area contributed by atoms with Gasteiger partial charge in [0.15, 0.2) is 0 Å². The van der Waals surface area contributed by atoms with Gasteiger partial charge in [-0.25, -0.2) is 9.37 Å². The second-order valence-corrected chi connectivity index (χ2v) is 6.51. The Morgan fingerprint density at radius 1 is 1.22 bits per heavy atom. The van der Waals surface area contributed by atoms with E-state index in [1.54, 1.807) is 18.2 Å². The van der Waals surface area contributed by atoms with E-state index in [9.17, 15) is 9.65 Å². The van der Waals surface area contributed by atoms with Crippen LogP contribution in [0, 0.1) is 17.1 Å². The molecule has 1 aromatic heterocycles. The minimum Gasteiger partial charge on any atom is -0.235 e. The molecule has 0 amide bonds. The van der Waals surface area contributed by atoms with Crippen LogP contribution in [0.25, 0.3) is 22.9 Å². The second-order valence-electron chi connectivity index (χ2n) is 4.74. The van der Waals surface area contributed by atoms with Crippen LogP contribution in [0.4, 0.5) is 4.39 Å². The van der Waals surface area contributed by atoms with E-state index in [1.165, 1.54) is 23.5 Å². The average molecular weight is 385 g/mol. The molecule has 0 aliphatic carbocycles. The van der Waals surface area contributed by atoms with E-state index in [-0.39, 0.29) is 5.82 Å². The molecule has 0 fully saturated rings. The SMILES string of the molecule is N#CC(=Cc1ccccc1F)c1nc(-c2cccc(Br)c2)cs1. The first-order valence-corrected chi connectivity index (χ1v) is 8.43. The van der Waals surface area contributed by atoms with Gasteiger partial charge in [0.1, 0.15) is 16.9 Å². The Bertz CT molecular complexity index is 925. The number of halogens is 2. The van der Waals surface area contributed by atoms with Gasteiger partial charge in [-0.05, 0) is 24.3 Å². The molecule has 0 spiro atoms. The van der Waals surface area contributed by atoms with Gasteiger partial charge in [-0.3, -0.25) is 0 Å². The zero-order valence-corrected chi connectivity index (χ0v) is 14.2. The lowest BCUT2D eigenvalue weighted by atomic mass is 10.1. The molecule has 23 heavy (non-hydrogen) atoms. The van der Waals surface area contributed by atoms with Crippen molar-refractivity contribution in [2.75, 3.05) is 0 Å². The molecular formula is C18H10BrFN2S. The maximum Gasteiger partial charge on any atom is 0.134 e. The zero-order valence-electron chi connectivity index (χ0n) is 11.8. The molecule has 0 aliphatic rings. The summed E-state index contributed by atoms with van der Waals surface area (Å²) in [5, 5.41) is 11.8. The van der Waals surface area contributed by atoms with Crippen molar-refractivity contribution in [1.29, 1.82) is 5.26 Å². The van der Waals surface area contributed by atoms with Gasteiger partial charge >= 0.3 is 0 Å². The summed E-state index contributed by atoms with van der Waals surface area (Å²) in [6.45, 7) is 0. The van der Waals surface area contributed by atoms with Crippen molar-refractivity contribution in [2.24, 2.45) is 0 Å². The maximum atomic E-state index is 13.7. The number of hydrogen-bond donors (Lipinski definition) is 0. The second kappa shape index (κ2) is 6.86. The Balaban J connectivity index is 1.98. The van der Waals surface area contributed by atoms with Gasteiger partial charge in [-0.2, -0.15) is 5.26 Å². The van der Waals surface area contributed by atoms with Crippen LogP contribution in [-0.2, 0) is 0 Å². The molecule has 3 aromatic rings. The maximum absolute atomic E-state index is 13.7. The Labute approximate surface area is 145 Å². The molecule has 1 heterocycles. The lowest BCUT2D eigenvalue weighted by Gasteiger charge is -1.98. The normalized spacial score (nSPS) is 11.3. The van der Waals surface area contributed by atoms with Crippen molar-refractivity contribution in [1.82, 2.24) is 4.98 Å². The van der Waals surface area contributed by atoms with Crippen LogP contribution in [-0.4, -0.2) is 4.98 Å². The highest BCUT2D eigenvalue weighted by molar-refractivity contribution is 9.10. The number of thiazole rings is 1. The van der Waals surface area contributed by atoms with Crippen LogP contribution in [0.2, 0.25) is 0 Å². The number of allylic oxidation sites excluding steroid dienone is 1. The molecule has 112 valence electrons. The molecule has 2 aromatic carbocycles. The van der Waals surface area contributed by atoms with Crippen molar-refractivity contribution in [2.45, 2.75) is 0 Å². The molecule has 0 N–H and O–H groups in total. The summed E-state index contributed by atoms with van der Waals surface area (Å²) in [6.07, 6.45) is 1.53. The molecule has 0 unspecified atom stereocenters. The van der Waals surface area contributed by atoms with Crippen LogP contribution in [0.3, 0.4) is 0 Å². The number of nitriles is 1. The summed E-state index contributed by atoms with van der Waals surface area (Å²) < 4.78 is 14.7. The third-order valence-electron chi connectivity index (χ3n) is 3.18. The Kier molecular flexibility index (Phi) is 4.65. The van der Waals surface area contributed by atoms with Gasteiger partial charge in [0.2, 0.25) is 0 Å². The summed E-state index contributed by atoms with van der Waals surface area (Å²) >= 11 is 4.80. The standard InChI is InChI=1S/C18H10BrFN2S/c19-15-6-3-5-13(9-15)17-11-23-18(22-17)14(10-21)8-12-4-1-2-7-16(12)20/h1-9,11H. The van der Waals surface area contributed by atoms with Gasteiger partial charge < -0.3 is 0 Å². The van der Waals surface area contributed by atoms with Gasteiger partial charge in [-0.1, -0.05) is 46.3 Å². The third kappa shape index (κ3) is 3.55. The van der Waals surface area contributed by atoms with Crippen molar-refractivity contribution in [3.05, 3.63) is 74.8 Å². The number of nitrogens with zero attached hydrogens (tertiary/aromatic N) is 2. The summed E-state index contributed by atoms with van der Waals surface area (Å²) in [6, 6.07) is 16.2. The number of rotatable bonds is 3. The Morgan fingerprint density at radius 3 is 2.78 bits per heavy atom.